The number of hydrogen-bond acceptors (Lipinski definition) is 2. The van der Waals surface area contributed by atoms with Gasteiger partial charge in [0, 0.05) is 0 Å². The van der Waals surface area contributed by atoms with E-state index in [0.29, 0.717) is 0 Å². The molecule has 0 spiro atoms. The summed E-state index contributed by atoms with van der Waals surface area (Å²) >= 11 is 6.62. The SMILES string of the molecule is O=[C-]C(=O)Cl.[Cl][Pd+]. The summed E-state index contributed by atoms with van der Waals surface area (Å²) in [6.45, 7) is 0. The molecular weight excluding hydrogens is 233 g/mol. The van der Waals surface area contributed by atoms with Gasteiger partial charge >= 0.3 is 27.7 Å². The normalized spacial score (nSPS) is 5.71. The molecule has 0 unspecified atom stereocenters. The van der Waals surface area contributed by atoms with Gasteiger partial charge in [0.1, 0.15) is 5.24 Å². The van der Waals surface area contributed by atoms with Gasteiger partial charge in [0.05, 0.1) is 0 Å². The van der Waals surface area contributed by atoms with Crippen LogP contribution in [0.5, 0.6) is 0 Å². The fourth-order valence-electron chi connectivity index (χ4n) is 0. The molecule has 0 aliphatic carbocycles. The summed E-state index contributed by atoms with van der Waals surface area (Å²) in [4.78, 5) is 18.1. The molecule has 0 radical (unpaired) electrons. The molecule has 7 heavy (non-hydrogen) atoms. The first-order chi connectivity index (χ1) is 3.27. The molecule has 0 aliphatic rings. The third kappa shape index (κ3) is 20.7. The van der Waals surface area contributed by atoms with Crippen LogP contribution in [0.15, 0.2) is 0 Å². The van der Waals surface area contributed by atoms with Gasteiger partial charge in [0.25, 0.3) is 0 Å². The van der Waals surface area contributed by atoms with Crippen molar-refractivity contribution in [2.75, 3.05) is 0 Å². The van der Waals surface area contributed by atoms with Gasteiger partial charge in [-0.1, -0.05) is 11.6 Å². The van der Waals surface area contributed by atoms with Crippen LogP contribution in [-0.4, -0.2) is 11.5 Å². The topological polar surface area (TPSA) is 34.1 Å². The van der Waals surface area contributed by atoms with Crippen LogP contribution in [-0.2, 0) is 27.8 Å². The Kier molecular flexibility index (Phi) is 14.7. The predicted molar refractivity (Wildman–Crippen MR) is 22.4 cm³/mol. The van der Waals surface area contributed by atoms with Crippen LogP contribution >= 0.6 is 21.1 Å². The van der Waals surface area contributed by atoms with Crippen molar-refractivity contribution >= 4 is 32.7 Å². The van der Waals surface area contributed by atoms with Crippen molar-refractivity contribution in [1.29, 1.82) is 0 Å². The van der Waals surface area contributed by atoms with Gasteiger partial charge in [-0.25, -0.2) is 0 Å². The minimum atomic E-state index is -1.08. The summed E-state index contributed by atoms with van der Waals surface area (Å²) in [5, 5.41) is -1.08. The molecule has 0 aliphatic heterocycles. The van der Waals surface area contributed by atoms with E-state index in [2.05, 4.69) is 39.3 Å². The van der Waals surface area contributed by atoms with E-state index < -0.39 is 5.24 Å². The van der Waals surface area contributed by atoms with Crippen molar-refractivity contribution in [2.24, 2.45) is 0 Å². The Balaban J connectivity index is 0. The van der Waals surface area contributed by atoms with Crippen molar-refractivity contribution in [3.05, 3.63) is 0 Å². The molecule has 0 saturated carbocycles. The Hall–Kier alpha value is 0.582. The van der Waals surface area contributed by atoms with Crippen molar-refractivity contribution in [3.63, 3.8) is 0 Å². The van der Waals surface area contributed by atoms with E-state index in [4.69, 9.17) is 9.59 Å². The molecule has 0 rings (SSSR count). The minimum absolute atomic E-state index is 0.904. The number of carbonyl (C=O) groups is 1. The molecule has 0 aromatic rings. The molecule has 0 aromatic heterocycles. The average molecular weight is 233 g/mol. The number of hydrogen-bond donors (Lipinski definition) is 0. The molecule has 0 fully saturated rings. The van der Waals surface area contributed by atoms with Crippen LogP contribution in [0.4, 0.5) is 0 Å². The second kappa shape index (κ2) is 9.77. The summed E-state index contributed by atoms with van der Waals surface area (Å²) in [6.07, 6.45) is 0.904. The van der Waals surface area contributed by atoms with E-state index in [1.54, 1.807) is 0 Å². The summed E-state index contributed by atoms with van der Waals surface area (Å²) in [5.41, 5.74) is 0. The fraction of sp³-hybridized carbons (Fsp3) is 0. The zero-order valence-electron chi connectivity index (χ0n) is 2.89. The molecule has 0 aromatic carbocycles. The van der Waals surface area contributed by atoms with Gasteiger partial charge in [0.2, 0.25) is 0 Å². The van der Waals surface area contributed by atoms with Crippen molar-refractivity contribution in [1.82, 2.24) is 0 Å². The zero-order chi connectivity index (χ0) is 6.28. The fourth-order valence-corrected chi connectivity index (χ4v) is 0. The second-order valence-corrected chi connectivity index (χ2v) is 0.719. The molecule has 44 valence electrons. The summed E-state index contributed by atoms with van der Waals surface area (Å²) < 4.78 is 0. The van der Waals surface area contributed by atoms with E-state index in [1.165, 1.54) is 0 Å². The first kappa shape index (κ1) is 10.5. The number of rotatable bonds is 1. The third-order valence-electron chi connectivity index (χ3n) is 0.0802. The Morgan fingerprint density at radius 2 is 1.71 bits per heavy atom. The Labute approximate surface area is 60.5 Å². The second-order valence-electron chi connectivity index (χ2n) is 0.376. The molecule has 0 bridgehead atoms. The van der Waals surface area contributed by atoms with Crippen LogP contribution in [0, 0.1) is 0 Å². The predicted octanol–water partition coefficient (Wildman–Crippen LogP) is 0.548. The van der Waals surface area contributed by atoms with E-state index in [-0.39, 0.29) is 0 Å². The third-order valence-corrected chi connectivity index (χ3v) is 0.157. The van der Waals surface area contributed by atoms with Crippen LogP contribution in [0.3, 0.4) is 0 Å². The Bertz CT molecular complexity index is 64.7. The summed E-state index contributed by atoms with van der Waals surface area (Å²) in [7, 11) is 4.49. The quantitative estimate of drug-likeness (QED) is 0.287. The molecule has 0 atom stereocenters. The molecular formula is C2Cl2O2Pd. The average Bonchev–Trinajstić information content (AvgIpc) is 1.73. The molecule has 0 heterocycles. The van der Waals surface area contributed by atoms with Crippen LogP contribution in [0.1, 0.15) is 0 Å². The van der Waals surface area contributed by atoms with Gasteiger partial charge in [-0.15, -0.1) is 0 Å². The van der Waals surface area contributed by atoms with Gasteiger partial charge in [-0.2, -0.15) is 6.29 Å². The zero-order valence-corrected chi connectivity index (χ0v) is 5.96. The van der Waals surface area contributed by atoms with Crippen molar-refractivity contribution in [3.8, 4) is 0 Å². The molecule has 5 heteroatoms. The Morgan fingerprint density at radius 3 is 1.71 bits per heavy atom. The number of halogens is 2. The van der Waals surface area contributed by atoms with Gasteiger partial charge in [-0.3, -0.25) is 0 Å². The van der Waals surface area contributed by atoms with Crippen molar-refractivity contribution < 1.29 is 27.8 Å². The molecule has 2 nitrogen and oxygen atoms in total. The summed E-state index contributed by atoms with van der Waals surface area (Å²) in [6, 6.07) is 0. The monoisotopic (exact) mass is 232 g/mol. The Morgan fingerprint density at radius 1 is 1.57 bits per heavy atom. The van der Waals surface area contributed by atoms with Crippen LogP contribution in [0.25, 0.3) is 0 Å². The van der Waals surface area contributed by atoms with Gasteiger partial charge < -0.3 is 9.59 Å². The maximum atomic E-state index is 9.15. The first-order valence-electron chi connectivity index (χ1n) is 0.967. The standard InChI is InChI=1S/C2ClO2.ClH.Pd/c3-2(5)1-4;;/h;1H;/q-1;;+2/p-1. The molecule has 0 N–H and O–H groups in total. The number of carbonyl (C=O) groups excluding carboxylic acids is 2. The van der Waals surface area contributed by atoms with Gasteiger partial charge in [0.15, 0.2) is 0 Å². The van der Waals surface area contributed by atoms with Crippen LogP contribution in [0.2, 0.25) is 0 Å². The van der Waals surface area contributed by atoms with E-state index in [1.807, 2.05) is 0 Å². The maximum absolute atomic E-state index is 9.15. The first-order valence-corrected chi connectivity index (χ1v) is 3.35. The van der Waals surface area contributed by atoms with Crippen LogP contribution < -0.4 is 0 Å². The van der Waals surface area contributed by atoms with Gasteiger partial charge in [-0.05, 0) is 0 Å². The molecule has 0 amide bonds. The van der Waals surface area contributed by atoms with E-state index in [9.17, 15) is 0 Å². The van der Waals surface area contributed by atoms with E-state index >= 15 is 0 Å². The summed E-state index contributed by atoms with van der Waals surface area (Å²) in [5.74, 6) is 0. The molecule has 0 saturated heterocycles. The van der Waals surface area contributed by atoms with E-state index in [0.717, 1.165) is 6.29 Å². The van der Waals surface area contributed by atoms with Crippen molar-refractivity contribution in [2.45, 2.75) is 0 Å².